The number of carbonyl (C=O) groups excluding carboxylic acids is 8. The number of nitrogens with zero attached hydrogens (tertiary/aromatic N) is 2. The van der Waals surface area contributed by atoms with Crippen molar-refractivity contribution in [1.82, 2.24) is 41.7 Å². The molecule has 60 heavy (non-hydrogen) atoms. The Hall–Kier alpha value is -4.85. The molecule has 0 aromatic heterocycles. The van der Waals surface area contributed by atoms with E-state index in [4.69, 9.17) is 5.73 Å². The fourth-order valence-electron chi connectivity index (χ4n) is 7.15. The normalized spacial score (nSPS) is 19.6. The number of hydrogen-bond acceptors (Lipinski definition) is 11. The largest absolute Gasteiger partial charge is 0.480 e. The zero-order valence-electron chi connectivity index (χ0n) is 36.5. The van der Waals surface area contributed by atoms with Crippen molar-refractivity contribution in [2.75, 3.05) is 26.2 Å². The first-order valence-electron chi connectivity index (χ1n) is 21.0. The Morgan fingerprint density at radius 1 is 0.600 bits per heavy atom. The molecular weight excluding hydrogens is 782 g/mol. The topological polar surface area (TPSA) is 299 Å². The molecule has 8 amide bonds. The number of nitrogens with two attached hydrogens (primary N) is 1. The van der Waals surface area contributed by atoms with Crippen LogP contribution >= 0.6 is 0 Å². The van der Waals surface area contributed by atoms with E-state index in [9.17, 15) is 53.4 Å². The fourth-order valence-corrected chi connectivity index (χ4v) is 7.15. The first-order chi connectivity index (χ1) is 28.0. The zero-order valence-corrected chi connectivity index (χ0v) is 36.5. The molecule has 0 aromatic carbocycles. The van der Waals surface area contributed by atoms with Crippen molar-refractivity contribution in [2.24, 2.45) is 29.4 Å². The van der Waals surface area contributed by atoms with Crippen LogP contribution in [0.25, 0.3) is 0 Å². The summed E-state index contributed by atoms with van der Waals surface area (Å²) in [5.74, 6) is -7.12. The second-order valence-corrected chi connectivity index (χ2v) is 17.4. The third-order valence-electron chi connectivity index (χ3n) is 10.5. The quantitative estimate of drug-likeness (QED) is 0.0592. The van der Waals surface area contributed by atoms with E-state index < -0.39 is 115 Å². The molecule has 8 atom stereocenters. The Balaban J connectivity index is 2.02. The van der Waals surface area contributed by atoms with E-state index >= 15 is 0 Å². The Kier molecular flexibility index (Phi) is 20.4. The van der Waals surface area contributed by atoms with E-state index in [0.29, 0.717) is 25.8 Å². The number of carbonyl (C=O) groups is 9. The molecule has 2 saturated heterocycles. The summed E-state index contributed by atoms with van der Waals surface area (Å²) in [5, 5.41) is 34.9. The number of amides is 8. The number of hydrogen-bond donors (Lipinski definition) is 9. The van der Waals surface area contributed by atoms with Gasteiger partial charge in [0.15, 0.2) is 0 Å². The van der Waals surface area contributed by atoms with Gasteiger partial charge in [-0.1, -0.05) is 55.4 Å². The van der Waals surface area contributed by atoms with Gasteiger partial charge in [-0.3, -0.25) is 38.4 Å². The Labute approximate surface area is 352 Å². The van der Waals surface area contributed by atoms with Gasteiger partial charge in [-0.2, -0.15) is 0 Å². The van der Waals surface area contributed by atoms with Crippen molar-refractivity contribution in [3.63, 3.8) is 0 Å². The van der Waals surface area contributed by atoms with Crippen LogP contribution in [0.2, 0.25) is 0 Å². The van der Waals surface area contributed by atoms with Crippen LogP contribution in [0.5, 0.6) is 0 Å². The molecule has 0 radical (unpaired) electrons. The van der Waals surface area contributed by atoms with Crippen molar-refractivity contribution >= 4 is 53.2 Å². The molecule has 2 fully saturated rings. The summed E-state index contributed by atoms with van der Waals surface area (Å²) in [7, 11) is 0. The highest BCUT2D eigenvalue weighted by atomic mass is 16.4. The molecule has 2 aliphatic heterocycles. The van der Waals surface area contributed by atoms with Gasteiger partial charge in [0.25, 0.3) is 0 Å². The van der Waals surface area contributed by atoms with Crippen LogP contribution in [0.15, 0.2) is 0 Å². The van der Waals surface area contributed by atoms with Gasteiger partial charge in [0.1, 0.15) is 36.3 Å². The average molecular weight is 852 g/mol. The van der Waals surface area contributed by atoms with E-state index in [0.717, 1.165) is 0 Å². The summed E-state index contributed by atoms with van der Waals surface area (Å²) >= 11 is 0. The molecule has 0 aliphatic carbocycles. The molecule has 2 rings (SSSR count). The Morgan fingerprint density at radius 3 is 1.48 bits per heavy atom. The van der Waals surface area contributed by atoms with Crippen molar-refractivity contribution in [3.05, 3.63) is 0 Å². The number of carboxylic acid groups (broad SMARTS) is 1. The Bertz CT molecular complexity index is 1550. The lowest BCUT2D eigenvalue weighted by Crippen LogP contribution is -2.60. The zero-order chi connectivity index (χ0) is 45.6. The second kappa shape index (κ2) is 23.8. The molecule has 10 N–H and O–H groups in total. The number of nitrogens with one attached hydrogen (secondary N) is 6. The first kappa shape index (κ1) is 51.3. The van der Waals surface area contributed by atoms with Gasteiger partial charge < -0.3 is 57.6 Å². The van der Waals surface area contributed by atoms with Gasteiger partial charge in [-0.25, -0.2) is 4.79 Å². The molecular formula is C40H69N9O11. The van der Waals surface area contributed by atoms with Gasteiger partial charge in [0, 0.05) is 13.1 Å². The van der Waals surface area contributed by atoms with Gasteiger partial charge in [-0.05, 0) is 69.1 Å². The lowest BCUT2D eigenvalue weighted by molar-refractivity contribution is -0.143. The number of likely N-dealkylation sites (tertiary alicyclic amines) is 2. The van der Waals surface area contributed by atoms with Crippen molar-refractivity contribution in [3.8, 4) is 0 Å². The third kappa shape index (κ3) is 15.3. The van der Waals surface area contributed by atoms with E-state index in [-0.39, 0.29) is 49.5 Å². The molecule has 340 valence electrons. The smallest absolute Gasteiger partial charge is 0.326 e. The minimum atomic E-state index is -1.55. The summed E-state index contributed by atoms with van der Waals surface area (Å²) in [5.41, 5.74) is 6.04. The van der Waals surface area contributed by atoms with E-state index in [1.807, 2.05) is 27.7 Å². The van der Waals surface area contributed by atoms with E-state index in [1.165, 1.54) is 16.7 Å². The molecule has 20 heteroatoms. The number of rotatable bonds is 22. The SMILES string of the molecule is CC(C)C[C@H](NC(=O)[C@@H](NC(=O)[C@@H](NC(=O)CNC(=O)[C@@H]1CCCN1C(=O)[C@H](CC(C)C)NC(=O)CNC(=O)[C@@H]1CCCN1C(=O)[C@@H](N)C(C)C)[C@@H](C)O)C(C)C)C(=O)O. The standard InChI is InChI=1S/C40H69N9O11/c1-20(2)16-25(44-29(51)18-42-35(54)28-13-11-15-49(28)39(58)31(41)22(5)6)38(57)48-14-10-12-27(48)34(53)43-19-30(52)46-33(24(9)50)37(56)47-32(23(7)8)36(55)45-26(40(59)60)17-21(3)4/h20-28,31-33,50H,10-19,41H2,1-9H3,(H,42,54)(H,43,53)(H,44,51)(H,45,55)(H,46,52)(H,47,56)(H,59,60)/t24-,25+,26+,27+,28+,31+,32+,33+/m1/s1. The van der Waals surface area contributed by atoms with Crippen LogP contribution in [-0.2, 0) is 43.2 Å². The summed E-state index contributed by atoms with van der Waals surface area (Å²) in [6.07, 6.45) is 0.707. The maximum absolute atomic E-state index is 13.9. The van der Waals surface area contributed by atoms with Crippen molar-refractivity contribution in [2.45, 2.75) is 149 Å². The van der Waals surface area contributed by atoms with Crippen LogP contribution in [0.3, 0.4) is 0 Å². The summed E-state index contributed by atoms with van der Waals surface area (Å²) in [4.78, 5) is 120. The van der Waals surface area contributed by atoms with Crippen LogP contribution < -0.4 is 37.6 Å². The van der Waals surface area contributed by atoms with Gasteiger partial charge in [0.2, 0.25) is 47.3 Å². The van der Waals surface area contributed by atoms with E-state index in [2.05, 4.69) is 31.9 Å². The number of aliphatic hydroxyl groups is 1. The molecule has 0 saturated carbocycles. The molecule has 2 aliphatic rings. The van der Waals surface area contributed by atoms with Gasteiger partial charge in [0.05, 0.1) is 25.2 Å². The van der Waals surface area contributed by atoms with Crippen LogP contribution in [0.1, 0.15) is 101 Å². The third-order valence-corrected chi connectivity index (χ3v) is 10.5. The molecule has 20 nitrogen and oxygen atoms in total. The number of aliphatic carboxylic acids is 1. The van der Waals surface area contributed by atoms with Crippen molar-refractivity contribution in [1.29, 1.82) is 0 Å². The maximum atomic E-state index is 13.9. The highest BCUT2D eigenvalue weighted by Crippen LogP contribution is 2.22. The van der Waals surface area contributed by atoms with Gasteiger partial charge in [-0.15, -0.1) is 0 Å². The number of carboxylic acids is 1. The first-order valence-corrected chi connectivity index (χ1v) is 21.0. The van der Waals surface area contributed by atoms with Crippen LogP contribution in [-0.4, -0.2) is 148 Å². The van der Waals surface area contributed by atoms with E-state index in [1.54, 1.807) is 27.7 Å². The lowest BCUT2D eigenvalue weighted by Gasteiger charge is -2.30. The maximum Gasteiger partial charge on any atom is 0.326 e. The van der Waals surface area contributed by atoms with Crippen molar-refractivity contribution < 1.29 is 53.4 Å². The predicted octanol–water partition coefficient (Wildman–Crippen LogP) is -1.66. The minimum Gasteiger partial charge on any atom is -0.480 e. The monoisotopic (exact) mass is 852 g/mol. The molecule has 2 heterocycles. The summed E-state index contributed by atoms with van der Waals surface area (Å²) < 4.78 is 0. The summed E-state index contributed by atoms with van der Waals surface area (Å²) in [6, 6.07) is -7.49. The number of aliphatic hydroxyl groups excluding tert-OH is 1. The molecule has 0 spiro atoms. The average Bonchev–Trinajstić information content (AvgIpc) is 3.86. The predicted molar refractivity (Wildman–Crippen MR) is 219 cm³/mol. The summed E-state index contributed by atoms with van der Waals surface area (Å²) in [6.45, 7) is 14.9. The van der Waals surface area contributed by atoms with Crippen LogP contribution in [0.4, 0.5) is 0 Å². The molecule has 0 aromatic rings. The molecule has 0 bridgehead atoms. The highest BCUT2D eigenvalue weighted by molar-refractivity contribution is 5.97. The Morgan fingerprint density at radius 2 is 1.05 bits per heavy atom. The fraction of sp³-hybridized carbons (Fsp3) is 0.775. The van der Waals surface area contributed by atoms with Crippen LogP contribution in [0, 0.1) is 23.7 Å². The minimum absolute atomic E-state index is 0.0439. The molecule has 0 unspecified atom stereocenters. The highest BCUT2D eigenvalue weighted by Gasteiger charge is 2.40. The van der Waals surface area contributed by atoms with Gasteiger partial charge >= 0.3 is 5.97 Å². The lowest BCUT2D eigenvalue weighted by atomic mass is 9.99. The second-order valence-electron chi connectivity index (χ2n) is 17.4.